The van der Waals surface area contributed by atoms with Crippen molar-refractivity contribution >= 4 is 17.0 Å². The van der Waals surface area contributed by atoms with Crippen LogP contribution < -0.4 is 4.90 Å². The van der Waals surface area contributed by atoms with Crippen LogP contribution in [-0.4, -0.2) is 29.0 Å². The zero-order chi connectivity index (χ0) is 14.3. The maximum atomic E-state index is 4.60. The molecule has 0 aliphatic rings. The summed E-state index contributed by atoms with van der Waals surface area (Å²) in [5.74, 6) is 1.78. The van der Waals surface area contributed by atoms with Crippen LogP contribution in [0.4, 0.5) is 5.82 Å². The Labute approximate surface area is 118 Å². The van der Waals surface area contributed by atoms with Crippen molar-refractivity contribution in [2.45, 2.75) is 13.8 Å². The highest BCUT2D eigenvalue weighted by Gasteiger charge is 2.08. The van der Waals surface area contributed by atoms with Crippen molar-refractivity contribution in [2.24, 2.45) is 0 Å². The van der Waals surface area contributed by atoms with Crippen LogP contribution in [0.15, 0.2) is 30.3 Å². The summed E-state index contributed by atoms with van der Waals surface area (Å²) in [6, 6.07) is 10.4. The monoisotopic (exact) mass is 266 g/mol. The first-order valence-corrected chi connectivity index (χ1v) is 6.66. The first kappa shape index (κ1) is 12.7. The molecule has 3 aromatic rings. The van der Waals surface area contributed by atoms with Crippen molar-refractivity contribution in [2.75, 3.05) is 19.0 Å². The molecule has 4 heteroatoms. The number of nitrogens with zero attached hydrogens (tertiary/aromatic N) is 3. The maximum Gasteiger partial charge on any atom is 0.180 e. The zero-order valence-electron chi connectivity index (χ0n) is 12.2. The van der Waals surface area contributed by atoms with Gasteiger partial charge in [-0.15, -0.1) is 0 Å². The summed E-state index contributed by atoms with van der Waals surface area (Å²) in [5, 5.41) is 0. The van der Waals surface area contributed by atoms with Crippen molar-refractivity contribution in [1.82, 2.24) is 15.0 Å². The number of aryl methyl sites for hydroxylation is 2. The fraction of sp³-hybridized carbons (Fsp3) is 0.250. The molecule has 102 valence electrons. The Morgan fingerprint density at radius 3 is 2.45 bits per heavy atom. The maximum absolute atomic E-state index is 4.60. The van der Waals surface area contributed by atoms with Crippen molar-refractivity contribution < 1.29 is 0 Å². The molecule has 0 aliphatic carbocycles. The minimum absolute atomic E-state index is 0.754. The summed E-state index contributed by atoms with van der Waals surface area (Å²) in [7, 11) is 3.95. The predicted octanol–water partition coefficient (Wildman–Crippen LogP) is 3.31. The lowest BCUT2D eigenvalue weighted by atomic mass is 10.1. The van der Waals surface area contributed by atoms with Crippen molar-refractivity contribution in [3.05, 3.63) is 41.5 Å². The SMILES string of the molecule is Cc1ccc(-c2nc3nc(N(C)C)ccc3[nH]2)cc1C. The molecule has 0 fully saturated rings. The van der Waals surface area contributed by atoms with Crippen LogP contribution >= 0.6 is 0 Å². The molecule has 20 heavy (non-hydrogen) atoms. The van der Waals surface area contributed by atoms with E-state index in [4.69, 9.17) is 0 Å². The first-order valence-electron chi connectivity index (χ1n) is 6.66. The number of anilines is 1. The largest absolute Gasteiger partial charge is 0.363 e. The van der Waals surface area contributed by atoms with Gasteiger partial charge in [0.2, 0.25) is 0 Å². The van der Waals surface area contributed by atoms with Gasteiger partial charge < -0.3 is 9.88 Å². The molecule has 0 radical (unpaired) electrons. The highest BCUT2D eigenvalue weighted by Crippen LogP contribution is 2.23. The number of pyridine rings is 1. The highest BCUT2D eigenvalue weighted by atomic mass is 15.1. The molecule has 0 aliphatic heterocycles. The number of aromatic nitrogens is 3. The van der Waals surface area contributed by atoms with Gasteiger partial charge in [-0.2, -0.15) is 0 Å². The number of benzene rings is 1. The van der Waals surface area contributed by atoms with Gasteiger partial charge in [0.05, 0.1) is 5.52 Å². The van der Waals surface area contributed by atoms with Crippen molar-refractivity contribution in [3.63, 3.8) is 0 Å². The Kier molecular flexibility index (Phi) is 2.93. The molecule has 4 nitrogen and oxygen atoms in total. The van der Waals surface area contributed by atoms with E-state index in [2.05, 4.69) is 47.0 Å². The zero-order valence-corrected chi connectivity index (χ0v) is 12.2. The predicted molar refractivity (Wildman–Crippen MR) is 83.1 cm³/mol. The van der Waals surface area contributed by atoms with E-state index >= 15 is 0 Å². The van der Waals surface area contributed by atoms with E-state index in [9.17, 15) is 0 Å². The number of nitrogens with one attached hydrogen (secondary N) is 1. The van der Waals surface area contributed by atoms with Gasteiger partial charge in [-0.05, 0) is 43.2 Å². The normalized spacial score (nSPS) is 11.0. The lowest BCUT2D eigenvalue weighted by Gasteiger charge is -2.09. The van der Waals surface area contributed by atoms with Crippen LogP contribution in [0, 0.1) is 13.8 Å². The summed E-state index contributed by atoms with van der Waals surface area (Å²) < 4.78 is 0. The molecule has 0 spiro atoms. The van der Waals surface area contributed by atoms with Gasteiger partial charge in [0.1, 0.15) is 11.6 Å². The average molecular weight is 266 g/mol. The molecule has 0 unspecified atom stereocenters. The third-order valence-electron chi connectivity index (χ3n) is 3.57. The molecule has 2 heterocycles. The Morgan fingerprint density at radius 1 is 0.950 bits per heavy atom. The van der Waals surface area contributed by atoms with E-state index in [-0.39, 0.29) is 0 Å². The Bertz CT molecular complexity index is 771. The molecule has 0 atom stereocenters. The molecule has 0 amide bonds. The second kappa shape index (κ2) is 4.63. The molecule has 0 bridgehead atoms. The molecule has 1 aromatic carbocycles. The van der Waals surface area contributed by atoms with Gasteiger partial charge in [0, 0.05) is 19.7 Å². The fourth-order valence-electron chi connectivity index (χ4n) is 2.16. The second-order valence-corrected chi connectivity index (χ2v) is 5.32. The van der Waals surface area contributed by atoms with Gasteiger partial charge in [0.15, 0.2) is 5.65 Å². The average Bonchev–Trinajstić information content (AvgIpc) is 2.84. The number of H-pyrrole nitrogens is 1. The van der Waals surface area contributed by atoms with Crippen LogP contribution in [0.2, 0.25) is 0 Å². The number of rotatable bonds is 2. The van der Waals surface area contributed by atoms with Crippen LogP contribution in [0.5, 0.6) is 0 Å². The minimum Gasteiger partial charge on any atom is -0.363 e. The van der Waals surface area contributed by atoms with E-state index in [0.717, 1.165) is 28.4 Å². The summed E-state index contributed by atoms with van der Waals surface area (Å²) in [4.78, 5) is 14.5. The molecular weight excluding hydrogens is 248 g/mol. The Morgan fingerprint density at radius 2 is 1.75 bits per heavy atom. The van der Waals surface area contributed by atoms with Gasteiger partial charge in [0.25, 0.3) is 0 Å². The minimum atomic E-state index is 0.754. The quantitative estimate of drug-likeness (QED) is 0.774. The molecule has 0 saturated carbocycles. The number of imidazole rings is 1. The van der Waals surface area contributed by atoms with Crippen LogP contribution in [0.1, 0.15) is 11.1 Å². The number of hydrogen-bond donors (Lipinski definition) is 1. The van der Waals surface area contributed by atoms with Gasteiger partial charge >= 0.3 is 0 Å². The van der Waals surface area contributed by atoms with E-state index < -0.39 is 0 Å². The Balaban J connectivity index is 2.10. The number of hydrogen-bond acceptors (Lipinski definition) is 3. The van der Waals surface area contributed by atoms with E-state index in [1.165, 1.54) is 11.1 Å². The lowest BCUT2D eigenvalue weighted by molar-refractivity contribution is 1.08. The summed E-state index contributed by atoms with van der Waals surface area (Å²) in [6.45, 7) is 4.23. The number of fused-ring (bicyclic) bond motifs is 1. The first-order chi connectivity index (χ1) is 9.54. The summed E-state index contributed by atoms with van der Waals surface area (Å²) in [6.07, 6.45) is 0. The third-order valence-corrected chi connectivity index (χ3v) is 3.57. The Hall–Kier alpha value is -2.36. The van der Waals surface area contributed by atoms with Gasteiger partial charge in [-0.25, -0.2) is 9.97 Å². The molecule has 1 N–H and O–H groups in total. The van der Waals surface area contributed by atoms with Gasteiger partial charge in [-0.3, -0.25) is 0 Å². The topological polar surface area (TPSA) is 44.8 Å². The van der Waals surface area contributed by atoms with E-state index in [1.807, 2.05) is 31.1 Å². The number of aromatic amines is 1. The van der Waals surface area contributed by atoms with Crippen LogP contribution in [0.3, 0.4) is 0 Å². The van der Waals surface area contributed by atoms with E-state index in [1.54, 1.807) is 0 Å². The molecule has 2 aromatic heterocycles. The van der Waals surface area contributed by atoms with Crippen LogP contribution in [0.25, 0.3) is 22.6 Å². The lowest BCUT2D eigenvalue weighted by Crippen LogP contribution is -2.10. The van der Waals surface area contributed by atoms with Crippen molar-refractivity contribution in [3.8, 4) is 11.4 Å². The van der Waals surface area contributed by atoms with Gasteiger partial charge in [-0.1, -0.05) is 12.1 Å². The smallest absolute Gasteiger partial charge is 0.180 e. The third kappa shape index (κ3) is 2.13. The molecule has 3 rings (SSSR count). The van der Waals surface area contributed by atoms with Crippen molar-refractivity contribution in [1.29, 1.82) is 0 Å². The summed E-state index contributed by atoms with van der Waals surface area (Å²) >= 11 is 0. The summed E-state index contributed by atoms with van der Waals surface area (Å²) in [5.41, 5.74) is 5.37. The standard InChI is InChI=1S/C16H18N4/c1-10-5-6-12(9-11(10)2)15-17-13-7-8-14(20(3)4)18-16(13)19-15/h5-9H,1-4H3,(H,17,18,19). The second-order valence-electron chi connectivity index (χ2n) is 5.32. The van der Waals surface area contributed by atoms with E-state index in [0.29, 0.717) is 0 Å². The molecular formula is C16H18N4. The van der Waals surface area contributed by atoms with Crippen LogP contribution in [-0.2, 0) is 0 Å². The molecule has 0 saturated heterocycles. The fourth-order valence-corrected chi connectivity index (χ4v) is 2.16. The highest BCUT2D eigenvalue weighted by molar-refractivity contribution is 5.77.